The predicted octanol–water partition coefficient (Wildman–Crippen LogP) is 0.715. The van der Waals surface area contributed by atoms with Crippen molar-refractivity contribution in [2.24, 2.45) is 0 Å². The molecule has 0 aromatic heterocycles. The Morgan fingerprint density at radius 3 is 2.70 bits per heavy atom. The first-order valence-corrected chi connectivity index (χ1v) is 7.27. The van der Waals surface area contributed by atoms with Gasteiger partial charge in [0.15, 0.2) is 0 Å². The summed E-state index contributed by atoms with van der Waals surface area (Å²) in [5.74, 6) is -0.457. The highest BCUT2D eigenvalue weighted by atomic mass is 127. The van der Waals surface area contributed by atoms with Gasteiger partial charge in [-0.05, 0) is 41.1 Å². The molecule has 2 N–H and O–H groups in total. The molecule has 2 saturated heterocycles. The van der Waals surface area contributed by atoms with Crippen LogP contribution in [0.2, 0.25) is 0 Å². The highest BCUT2D eigenvalue weighted by molar-refractivity contribution is 14.1. The lowest BCUT2D eigenvalue weighted by Gasteiger charge is -2.21. The molecule has 0 aliphatic carbocycles. The third-order valence-corrected chi connectivity index (χ3v) is 4.62. The van der Waals surface area contributed by atoms with E-state index in [-0.39, 0.29) is 18.4 Å². The average molecular weight is 385 g/mol. The van der Waals surface area contributed by atoms with E-state index in [1.54, 1.807) is 11.0 Å². The molecule has 2 heterocycles. The van der Waals surface area contributed by atoms with E-state index in [1.807, 2.05) is 18.2 Å². The second-order valence-corrected chi connectivity index (χ2v) is 6.11. The number of rotatable bonds is 1. The number of carbonyl (C=O) groups excluding carboxylic acids is 3. The first-order chi connectivity index (χ1) is 9.52. The third-order valence-electron chi connectivity index (χ3n) is 3.68. The Bertz CT molecular complexity index is 619. The maximum atomic E-state index is 12.5. The van der Waals surface area contributed by atoms with Gasteiger partial charge >= 0.3 is 6.03 Å². The Morgan fingerprint density at radius 2 is 2.05 bits per heavy atom. The number of hydrogen-bond acceptors (Lipinski definition) is 3. The van der Waals surface area contributed by atoms with Gasteiger partial charge in [-0.2, -0.15) is 0 Å². The van der Waals surface area contributed by atoms with Crippen LogP contribution in [-0.2, 0) is 4.79 Å². The Kier molecular flexibility index (Phi) is 3.15. The predicted molar refractivity (Wildman–Crippen MR) is 79.1 cm³/mol. The number of benzene rings is 1. The van der Waals surface area contributed by atoms with Gasteiger partial charge in [-0.25, -0.2) is 4.79 Å². The zero-order chi connectivity index (χ0) is 14.3. The number of nitrogens with zero attached hydrogens (tertiary/aromatic N) is 1. The molecule has 6 nitrogen and oxygen atoms in total. The standard InChI is InChI=1S/C13H12IN3O3/c14-9-4-2-1-3-8(9)10(18)17-6-5-13(7-17)11(19)15-12(20)16-13/h1-4H,5-7H2,(H2,15,16,19,20). The zero-order valence-corrected chi connectivity index (χ0v) is 12.6. The molecule has 0 radical (unpaired) electrons. The van der Waals surface area contributed by atoms with Crippen molar-refractivity contribution < 1.29 is 14.4 Å². The summed E-state index contributed by atoms with van der Waals surface area (Å²) in [4.78, 5) is 37.2. The van der Waals surface area contributed by atoms with E-state index in [4.69, 9.17) is 0 Å². The van der Waals surface area contributed by atoms with Crippen LogP contribution in [-0.4, -0.2) is 41.4 Å². The van der Waals surface area contributed by atoms with E-state index in [9.17, 15) is 14.4 Å². The van der Waals surface area contributed by atoms with Crippen LogP contribution < -0.4 is 10.6 Å². The SMILES string of the molecule is O=C1NC(=O)C2(CCN(C(=O)c3ccccc3I)C2)N1. The Labute approximate surface area is 129 Å². The number of nitrogens with one attached hydrogen (secondary N) is 2. The van der Waals surface area contributed by atoms with Crippen molar-refractivity contribution >= 4 is 40.4 Å². The summed E-state index contributed by atoms with van der Waals surface area (Å²) in [5.41, 5.74) is -0.331. The first kappa shape index (κ1) is 13.3. The molecule has 0 saturated carbocycles. The molecule has 2 aliphatic heterocycles. The second-order valence-electron chi connectivity index (χ2n) is 4.95. The molecule has 1 unspecified atom stereocenters. The minimum Gasteiger partial charge on any atom is -0.336 e. The lowest BCUT2D eigenvalue weighted by atomic mass is 9.99. The van der Waals surface area contributed by atoms with Crippen molar-refractivity contribution in [3.8, 4) is 0 Å². The third kappa shape index (κ3) is 2.05. The molecule has 7 heteroatoms. The minimum absolute atomic E-state index is 0.110. The lowest BCUT2D eigenvalue weighted by Crippen LogP contribution is -2.49. The molecule has 4 amide bonds. The van der Waals surface area contributed by atoms with Crippen molar-refractivity contribution in [2.45, 2.75) is 12.0 Å². The summed E-state index contributed by atoms with van der Waals surface area (Å²) < 4.78 is 0.871. The van der Waals surface area contributed by atoms with Crippen molar-refractivity contribution in [2.75, 3.05) is 13.1 Å². The topological polar surface area (TPSA) is 78.5 Å². The number of likely N-dealkylation sites (tertiary alicyclic amines) is 1. The normalized spacial score (nSPS) is 24.9. The van der Waals surface area contributed by atoms with Gasteiger partial charge in [0.25, 0.3) is 11.8 Å². The van der Waals surface area contributed by atoms with Gasteiger partial charge in [-0.1, -0.05) is 12.1 Å². The number of carbonyl (C=O) groups is 3. The molecule has 2 fully saturated rings. The fourth-order valence-electron chi connectivity index (χ4n) is 2.60. The molecule has 1 aromatic rings. The molecule has 20 heavy (non-hydrogen) atoms. The quantitative estimate of drug-likeness (QED) is 0.553. The van der Waals surface area contributed by atoms with E-state index in [2.05, 4.69) is 33.2 Å². The smallest absolute Gasteiger partial charge is 0.322 e. The van der Waals surface area contributed by atoms with Gasteiger partial charge in [-0.3, -0.25) is 14.9 Å². The van der Waals surface area contributed by atoms with E-state index in [0.717, 1.165) is 3.57 Å². The van der Waals surface area contributed by atoms with Crippen molar-refractivity contribution in [3.05, 3.63) is 33.4 Å². The van der Waals surface area contributed by atoms with Gasteiger partial charge in [0, 0.05) is 10.1 Å². The van der Waals surface area contributed by atoms with Crippen molar-refractivity contribution in [1.29, 1.82) is 0 Å². The van der Waals surface area contributed by atoms with Gasteiger partial charge in [0.2, 0.25) is 0 Å². The van der Waals surface area contributed by atoms with Crippen LogP contribution in [0.25, 0.3) is 0 Å². The Hall–Kier alpha value is -1.64. The van der Waals surface area contributed by atoms with Crippen LogP contribution in [0.5, 0.6) is 0 Å². The lowest BCUT2D eigenvalue weighted by molar-refractivity contribution is -0.123. The molecule has 104 valence electrons. The van der Waals surface area contributed by atoms with E-state index < -0.39 is 11.6 Å². The van der Waals surface area contributed by atoms with Crippen LogP contribution in [0, 0.1) is 3.57 Å². The number of amides is 4. The van der Waals surface area contributed by atoms with Crippen LogP contribution in [0.3, 0.4) is 0 Å². The fraction of sp³-hybridized carbons (Fsp3) is 0.308. The molecular formula is C13H12IN3O3. The van der Waals surface area contributed by atoms with Gasteiger partial charge < -0.3 is 10.2 Å². The maximum absolute atomic E-state index is 12.5. The van der Waals surface area contributed by atoms with E-state index in [1.165, 1.54) is 0 Å². The molecule has 1 spiro atoms. The number of urea groups is 1. The summed E-state index contributed by atoms with van der Waals surface area (Å²) in [6.07, 6.45) is 0.444. The largest absolute Gasteiger partial charge is 0.336 e. The van der Waals surface area contributed by atoms with E-state index >= 15 is 0 Å². The van der Waals surface area contributed by atoms with E-state index in [0.29, 0.717) is 18.5 Å². The molecule has 1 aromatic carbocycles. The second kappa shape index (κ2) is 4.72. The van der Waals surface area contributed by atoms with Crippen LogP contribution in [0.1, 0.15) is 16.8 Å². The van der Waals surface area contributed by atoms with Crippen LogP contribution >= 0.6 is 22.6 Å². The van der Waals surface area contributed by atoms with Gasteiger partial charge in [0.05, 0.1) is 12.1 Å². The molecular weight excluding hydrogens is 373 g/mol. The molecule has 2 aliphatic rings. The Balaban J connectivity index is 1.81. The number of imide groups is 1. The number of hydrogen-bond donors (Lipinski definition) is 2. The summed E-state index contributed by atoms with van der Waals surface area (Å²) >= 11 is 2.11. The Morgan fingerprint density at radius 1 is 1.30 bits per heavy atom. The summed E-state index contributed by atoms with van der Waals surface area (Å²) in [5, 5.41) is 4.87. The van der Waals surface area contributed by atoms with Crippen LogP contribution in [0.4, 0.5) is 4.79 Å². The maximum Gasteiger partial charge on any atom is 0.322 e. The highest BCUT2D eigenvalue weighted by Crippen LogP contribution is 2.26. The summed E-state index contributed by atoms with van der Waals surface area (Å²) in [6.45, 7) is 0.673. The van der Waals surface area contributed by atoms with Gasteiger partial charge in [-0.15, -0.1) is 0 Å². The highest BCUT2D eigenvalue weighted by Gasteiger charge is 2.51. The monoisotopic (exact) mass is 385 g/mol. The average Bonchev–Trinajstić information content (AvgIpc) is 2.95. The summed E-state index contributed by atoms with van der Waals surface area (Å²) in [6, 6.07) is 6.82. The minimum atomic E-state index is -0.951. The van der Waals surface area contributed by atoms with Gasteiger partial charge in [0.1, 0.15) is 5.54 Å². The first-order valence-electron chi connectivity index (χ1n) is 6.19. The molecule has 1 atom stereocenters. The molecule has 3 rings (SSSR count). The zero-order valence-electron chi connectivity index (χ0n) is 10.5. The van der Waals surface area contributed by atoms with Crippen LogP contribution in [0.15, 0.2) is 24.3 Å². The number of halogens is 1. The fourth-order valence-corrected chi connectivity index (χ4v) is 3.22. The summed E-state index contributed by atoms with van der Waals surface area (Å²) in [7, 11) is 0. The van der Waals surface area contributed by atoms with Crippen molar-refractivity contribution in [1.82, 2.24) is 15.5 Å². The molecule has 0 bridgehead atoms. The van der Waals surface area contributed by atoms with Crippen molar-refractivity contribution in [3.63, 3.8) is 0 Å².